The number of aliphatic hydroxyl groups excluding tert-OH is 1. The van der Waals surface area contributed by atoms with Crippen molar-refractivity contribution in [2.24, 2.45) is 0 Å². The van der Waals surface area contributed by atoms with Gasteiger partial charge in [0.15, 0.2) is 0 Å². The van der Waals surface area contributed by atoms with Crippen LogP contribution >= 0.6 is 11.8 Å². The van der Waals surface area contributed by atoms with Crippen LogP contribution in [0.1, 0.15) is 11.7 Å². The molecule has 1 N–H and O–H groups in total. The molecule has 0 fully saturated rings. The van der Waals surface area contributed by atoms with E-state index in [4.69, 9.17) is 0 Å². The van der Waals surface area contributed by atoms with Crippen LogP contribution in [0, 0.1) is 17.5 Å². The first-order valence-electron chi connectivity index (χ1n) is 5.58. The lowest BCUT2D eigenvalue weighted by atomic mass is 10.1. The number of thioether (sulfide) groups is 1. The normalized spacial score (nSPS) is 12.4. The van der Waals surface area contributed by atoms with Gasteiger partial charge in [0.05, 0.1) is 11.7 Å². The van der Waals surface area contributed by atoms with Crippen LogP contribution < -0.4 is 0 Å². The van der Waals surface area contributed by atoms with Crippen molar-refractivity contribution in [3.8, 4) is 0 Å². The molecule has 0 aromatic heterocycles. The maximum absolute atomic E-state index is 13.4. The average molecular weight is 284 g/mol. The first-order chi connectivity index (χ1) is 9.08. The van der Waals surface area contributed by atoms with Gasteiger partial charge in [-0.1, -0.05) is 12.1 Å². The molecule has 0 spiro atoms. The molecule has 0 heterocycles. The highest BCUT2D eigenvalue weighted by Gasteiger charge is 2.17. The largest absolute Gasteiger partial charge is 0.387 e. The SMILES string of the molecule is OC(CSc1cccc(F)c1)c1c(F)cccc1F. The Balaban J connectivity index is 2.07. The predicted octanol–water partition coefficient (Wildman–Crippen LogP) is 3.93. The summed E-state index contributed by atoms with van der Waals surface area (Å²) >= 11 is 1.13. The first-order valence-corrected chi connectivity index (χ1v) is 6.57. The standard InChI is InChI=1S/C14H11F3OS/c15-9-3-1-4-10(7-9)19-8-13(18)14-11(16)5-2-6-12(14)17/h1-7,13,18H,8H2. The van der Waals surface area contributed by atoms with Crippen molar-refractivity contribution in [1.29, 1.82) is 0 Å². The average Bonchev–Trinajstić information content (AvgIpc) is 2.36. The number of halogens is 3. The van der Waals surface area contributed by atoms with Crippen LogP contribution in [-0.2, 0) is 0 Å². The Hall–Kier alpha value is -1.46. The van der Waals surface area contributed by atoms with Crippen LogP contribution in [0.3, 0.4) is 0 Å². The van der Waals surface area contributed by atoms with Crippen LogP contribution in [0.15, 0.2) is 47.4 Å². The van der Waals surface area contributed by atoms with Gasteiger partial charge < -0.3 is 5.11 Å². The molecule has 0 saturated heterocycles. The quantitative estimate of drug-likeness (QED) is 0.858. The lowest BCUT2D eigenvalue weighted by Crippen LogP contribution is -2.06. The van der Waals surface area contributed by atoms with Gasteiger partial charge in [-0.25, -0.2) is 13.2 Å². The van der Waals surface area contributed by atoms with Gasteiger partial charge in [-0.05, 0) is 30.3 Å². The van der Waals surface area contributed by atoms with Crippen molar-refractivity contribution in [2.75, 3.05) is 5.75 Å². The van der Waals surface area contributed by atoms with Crippen molar-refractivity contribution >= 4 is 11.8 Å². The third kappa shape index (κ3) is 3.52. The fourth-order valence-electron chi connectivity index (χ4n) is 1.64. The van der Waals surface area contributed by atoms with E-state index in [1.54, 1.807) is 6.07 Å². The van der Waals surface area contributed by atoms with Gasteiger partial charge in [0.2, 0.25) is 0 Å². The minimum absolute atomic E-state index is 0.0430. The summed E-state index contributed by atoms with van der Waals surface area (Å²) in [6.07, 6.45) is -1.28. The molecule has 1 atom stereocenters. The fraction of sp³-hybridized carbons (Fsp3) is 0.143. The zero-order chi connectivity index (χ0) is 13.8. The van der Waals surface area contributed by atoms with E-state index in [9.17, 15) is 18.3 Å². The number of hydrogen-bond acceptors (Lipinski definition) is 2. The van der Waals surface area contributed by atoms with Crippen molar-refractivity contribution in [3.05, 3.63) is 65.5 Å². The third-order valence-electron chi connectivity index (χ3n) is 2.54. The van der Waals surface area contributed by atoms with Gasteiger partial charge in [-0.15, -0.1) is 11.8 Å². The Morgan fingerprint density at radius 1 is 1.00 bits per heavy atom. The van der Waals surface area contributed by atoms with Crippen molar-refractivity contribution in [1.82, 2.24) is 0 Å². The van der Waals surface area contributed by atoms with E-state index in [0.29, 0.717) is 4.90 Å². The molecule has 19 heavy (non-hydrogen) atoms. The zero-order valence-corrected chi connectivity index (χ0v) is 10.6. The van der Waals surface area contributed by atoms with Crippen molar-refractivity contribution in [2.45, 2.75) is 11.0 Å². The van der Waals surface area contributed by atoms with E-state index in [0.717, 1.165) is 23.9 Å². The molecular weight excluding hydrogens is 273 g/mol. The molecule has 5 heteroatoms. The summed E-state index contributed by atoms with van der Waals surface area (Å²) in [7, 11) is 0. The van der Waals surface area contributed by atoms with Crippen LogP contribution in [0.4, 0.5) is 13.2 Å². The van der Waals surface area contributed by atoms with Gasteiger partial charge in [-0.2, -0.15) is 0 Å². The molecule has 0 amide bonds. The van der Waals surface area contributed by atoms with Crippen LogP contribution in [-0.4, -0.2) is 10.9 Å². The second kappa shape index (κ2) is 6.12. The molecule has 100 valence electrons. The summed E-state index contributed by atoms with van der Waals surface area (Å²) in [6.45, 7) is 0. The lowest BCUT2D eigenvalue weighted by molar-refractivity contribution is 0.193. The molecule has 0 bridgehead atoms. The highest BCUT2D eigenvalue weighted by molar-refractivity contribution is 7.99. The van der Waals surface area contributed by atoms with Crippen LogP contribution in [0.2, 0.25) is 0 Å². The Kier molecular flexibility index (Phi) is 4.50. The third-order valence-corrected chi connectivity index (χ3v) is 3.61. The van der Waals surface area contributed by atoms with E-state index in [-0.39, 0.29) is 11.3 Å². The fourth-order valence-corrected chi connectivity index (χ4v) is 2.53. The molecule has 1 unspecified atom stereocenters. The molecule has 0 aliphatic rings. The van der Waals surface area contributed by atoms with E-state index in [2.05, 4.69) is 0 Å². The van der Waals surface area contributed by atoms with E-state index >= 15 is 0 Å². The Morgan fingerprint density at radius 2 is 1.63 bits per heavy atom. The molecule has 2 aromatic carbocycles. The van der Waals surface area contributed by atoms with E-state index in [1.807, 2.05) is 0 Å². The summed E-state index contributed by atoms with van der Waals surface area (Å²) in [5.74, 6) is -1.92. The molecule has 0 aliphatic heterocycles. The molecule has 2 aromatic rings. The van der Waals surface area contributed by atoms with E-state index < -0.39 is 23.6 Å². The Labute approximate surface area is 113 Å². The van der Waals surface area contributed by atoms with Crippen molar-refractivity contribution < 1.29 is 18.3 Å². The maximum atomic E-state index is 13.4. The van der Waals surface area contributed by atoms with Crippen LogP contribution in [0.5, 0.6) is 0 Å². The smallest absolute Gasteiger partial charge is 0.131 e. The highest BCUT2D eigenvalue weighted by atomic mass is 32.2. The molecule has 0 aliphatic carbocycles. The van der Waals surface area contributed by atoms with E-state index in [1.165, 1.54) is 24.3 Å². The molecule has 0 saturated carbocycles. The zero-order valence-electron chi connectivity index (χ0n) is 9.82. The molecule has 0 radical (unpaired) electrons. The second-order valence-corrected chi connectivity index (χ2v) is 5.01. The minimum Gasteiger partial charge on any atom is -0.387 e. The topological polar surface area (TPSA) is 20.2 Å². The van der Waals surface area contributed by atoms with Gasteiger partial charge in [0, 0.05) is 10.6 Å². The lowest BCUT2D eigenvalue weighted by Gasteiger charge is -2.12. The summed E-state index contributed by atoms with van der Waals surface area (Å²) in [6, 6.07) is 9.22. The maximum Gasteiger partial charge on any atom is 0.131 e. The van der Waals surface area contributed by atoms with Gasteiger partial charge in [0.25, 0.3) is 0 Å². The summed E-state index contributed by atoms with van der Waals surface area (Å²) in [4.78, 5) is 0.593. The predicted molar refractivity (Wildman–Crippen MR) is 68.4 cm³/mol. The van der Waals surface area contributed by atoms with Gasteiger partial charge in [0.1, 0.15) is 17.5 Å². The minimum atomic E-state index is -1.28. The first kappa shape index (κ1) is 14.0. The highest BCUT2D eigenvalue weighted by Crippen LogP contribution is 2.27. The second-order valence-electron chi connectivity index (χ2n) is 3.92. The number of aliphatic hydroxyl groups is 1. The molecule has 1 nitrogen and oxygen atoms in total. The number of benzene rings is 2. The van der Waals surface area contributed by atoms with Crippen LogP contribution in [0.25, 0.3) is 0 Å². The van der Waals surface area contributed by atoms with Gasteiger partial charge in [-0.3, -0.25) is 0 Å². The van der Waals surface area contributed by atoms with Crippen molar-refractivity contribution in [3.63, 3.8) is 0 Å². The number of hydrogen-bond donors (Lipinski definition) is 1. The van der Waals surface area contributed by atoms with Gasteiger partial charge >= 0.3 is 0 Å². The monoisotopic (exact) mass is 284 g/mol. The summed E-state index contributed by atoms with van der Waals surface area (Å²) in [5, 5.41) is 9.82. The molecular formula is C14H11F3OS. The number of rotatable bonds is 4. The molecule has 2 rings (SSSR count). The summed E-state index contributed by atoms with van der Waals surface area (Å²) in [5.41, 5.74) is -0.355. The summed E-state index contributed by atoms with van der Waals surface area (Å²) < 4.78 is 39.8. The Morgan fingerprint density at radius 3 is 2.26 bits per heavy atom. The Bertz CT molecular complexity index is 554.